The average molecular weight is 522 g/mol. The summed E-state index contributed by atoms with van der Waals surface area (Å²) in [5, 5.41) is 8.62. The summed E-state index contributed by atoms with van der Waals surface area (Å²) < 4.78 is 47.5. The van der Waals surface area contributed by atoms with Gasteiger partial charge in [-0.3, -0.25) is 5.41 Å². The fourth-order valence-corrected chi connectivity index (χ4v) is 5.46. The van der Waals surface area contributed by atoms with E-state index in [1.54, 1.807) is 48.5 Å². The van der Waals surface area contributed by atoms with E-state index in [0.717, 1.165) is 23.8 Å². The molecule has 0 atom stereocenters. The first kappa shape index (κ1) is 25.3. The van der Waals surface area contributed by atoms with Crippen LogP contribution in [-0.2, 0) is 16.4 Å². The van der Waals surface area contributed by atoms with Gasteiger partial charge in [-0.2, -0.15) is 0 Å². The maximum absolute atomic E-state index is 14.7. The monoisotopic (exact) mass is 521 g/mol. The SMILES string of the molecule is CS(=O)(=O)c1ccccc1SNc1ccc(N)c(C(=N)c2ccc(OCc3ccccc3)c(F)c2)c1. The number of rotatable bonds is 9. The standard InChI is InChI=1S/C27H24FN3O3S2/c1-36(32,33)26-10-6-5-9-25(26)35-31-20-12-13-23(29)21(16-20)27(30)19-11-14-24(22(28)15-19)34-17-18-7-3-2-4-8-18/h2-16,30-31H,17,29H2,1H3. The molecule has 0 aromatic heterocycles. The molecule has 0 spiro atoms. The molecule has 4 aromatic rings. The lowest BCUT2D eigenvalue weighted by molar-refractivity contribution is 0.290. The first-order chi connectivity index (χ1) is 17.2. The van der Waals surface area contributed by atoms with E-state index in [0.29, 0.717) is 27.4 Å². The summed E-state index contributed by atoms with van der Waals surface area (Å²) in [7, 11) is -3.39. The summed E-state index contributed by atoms with van der Waals surface area (Å²) in [6.45, 7) is 0.231. The third kappa shape index (κ3) is 6.05. The van der Waals surface area contributed by atoms with E-state index < -0.39 is 15.7 Å². The van der Waals surface area contributed by atoms with E-state index in [9.17, 15) is 12.8 Å². The van der Waals surface area contributed by atoms with E-state index in [1.807, 2.05) is 30.3 Å². The molecule has 0 aliphatic heterocycles. The number of anilines is 2. The van der Waals surface area contributed by atoms with Gasteiger partial charge < -0.3 is 15.2 Å². The number of nitrogens with two attached hydrogens (primary N) is 1. The lowest BCUT2D eigenvalue weighted by Crippen LogP contribution is -2.07. The van der Waals surface area contributed by atoms with Crippen LogP contribution in [0, 0.1) is 11.2 Å². The van der Waals surface area contributed by atoms with Crippen molar-refractivity contribution in [1.29, 1.82) is 5.41 Å². The van der Waals surface area contributed by atoms with Crippen molar-refractivity contribution in [3.05, 3.63) is 114 Å². The van der Waals surface area contributed by atoms with Crippen LogP contribution in [0.1, 0.15) is 16.7 Å². The van der Waals surface area contributed by atoms with Gasteiger partial charge in [0.2, 0.25) is 0 Å². The molecule has 9 heteroatoms. The number of hydrogen-bond acceptors (Lipinski definition) is 7. The Balaban J connectivity index is 1.50. The Morgan fingerprint density at radius 3 is 2.44 bits per heavy atom. The van der Waals surface area contributed by atoms with E-state index in [2.05, 4.69) is 4.72 Å². The molecule has 0 amide bonds. The third-order valence-electron chi connectivity index (χ3n) is 5.31. The van der Waals surface area contributed by atoms with Crippen molar-refractivity contribution in [3.8, 4) is 5.75 Å². The summed E-state index contributed by atoms with van der Waals surface area (Å²) in [6, 6.07) is 25.5. The van der Waals surface area contributed by atoms with Gasteiger partial charge in [0.1, 0.15) is 6.61 Å². The minimum absolute atomic E-state index is 0.0474. The van der Waals surface area contributed by atoms with E-state index in [-0.39, 0.29) is 23.0 Å². The zero-order valence-corrected chi connectivity index (χ0v) is 21.0. The highest BCUT2D eigenvalue weighted by molar-refractivity contribution is 8.01. The number of nitrogens with one attached hydrogen (secondary N) is 2. The molecule has 4 N–H and O–H groups in total. The van der Waals surface area contributed by atoms with Gasteiger partial charge in [0.05, 0.1) is 10.6 Å². The quantitative estimate of drug-likeness (QED) is 0.143. The smallest absolute Gasteiger partial charge is 0.176 e. The predicted octanol–water partition coefficient (Wildman–Crippen LogP) is 5.93. The molecule has 6 nitrogen and oxygen atoms in total. The number of halogens is 1. The van der Waals surface area contributed by atoms with Crippen molar-refractivity contribution < 1.29 is 17.5 Å². The normalized spacial score (nSPS) is 11.2. The van der Waals surface area contributed by atoms with Gasteiger partial charge in [0.15, 0.2) is 21.4 Å². The van der Waals surface area contributed by atoms with Crippen molar-refractivity contribution >= 4 is 38.9 Å². The second kappa shape index (κ2) is 10.8. The number of benzene rings is 4. The van der Waals surface area contributed by atoms with Crippen molar-refractivity contribution in [2.24, 2.45) is 0 Å². The van der Waals surface area contributed by atoms with Gasteiger partial charge in [-0.25, -0.2) is 12.8 Å². The Morgan fingerprint density at radius 2 is 1.72 bits per heavy atom. The topological polar surface area (TPSA) is 105 Å². The Hall–Kier alpha value is -3.82. The third-order valence-corrected chi connectivity index (χ3v) is 7.51. The fourth-order valence-electron chi connectivity index (χ4n) is 3.46. The molecule has 0 aliphatic rings. The average Bonchev–Trinajstić information content (AvgIpc) is 2.87. The van der Waals surface area contributed by atoms with Crippen LogP contribution in [0.2, 0.25) is 0 Å². The number of hydrogen-bond donors (Lipinski definition) is 3. The van der Waals surface area contributed by atoms with Crippen LogP contribution in [0.4, 0.5) is 15.8 Å². The zero-order chi connectivity index (χ0) is 25.7. The van der Waals surface area contributed by atoms with Crippen molar-refractivity contribution in [1.82, 2.24) is 0 Å². The molecule has 0 fully saturated rings. The van der Waals surface area contributed by atoms with Crippen LogP contribution in [0.25, 0.3) is 0 Å². The lowest BCUT2D eigenvalue weighted by Gasteiger charge is -2.13. The number of sulfone groups is 1. The minimum atomic E-state index is -3.39. The van der Waals surface area contributed by atoms with Gasteiger partial charge >= 0.3 is 0 Å². The van der Waals surface area contributed by atoms with Gasteiger partial charge in [-0.1, -0.05) is 42.5 Å². The summed E-state index contributed by atoms with van der Waals surface area (Å²) in [5.74, 6) is -0.478. The first-order valence-corrected chi connectivity index (χ1v) is 13.6. The molecule has 0 aliphatic carbocycles. The molecule has 184 valence electrons. The first-order valence-electron chi connectivity index (χ1n) is 10.9. The van der Waals surface area contributed by atoms with Gasteiger partial charge in [-0.05, 0) is 66.0 Å². The molecule has 36 heavy (non-hydrogen) atoms. The molecular formula is C27H24FN3O3S2. The number of nitrogen functional groups attached to an aromatic ring is 1. The molecule has 0 bridgehead atoms. The van der Waals surface area contributed by atoms with Crippen molar-refractivity contribution in [2.45, 2.75) is 16.4 Å². The van der Waals surface area contributed by atoms with Crippen LogP contribution in [0.5, 0.6) is 5.75 Å². The Bertz CT molecular complexity index is 1510. The van der Waals surface area contributed by atoms with E-state index >= 15 is 0 Å². The molecule has 0 radical (unpaired) electrons. The Morgan fingerprint density at radius 1 is 1.00 bits per heavy atom. The van der Waals surface area contributed by atoms with E-state index in [4.69, 9.17) is 15.9 Å². The Kier molecular flexibility index (Phi) is 7.61. The molecule has 4 aromatic carbocycles. The highest BCUT2D eigenvalue weighted by Crippen LogP contribution is 2.30. The van der Waals surface area contributed by atoms with E-state index in [1.165, 1.54) is 12.1 Å². The van der Waals surface area contributed by atoms with Crippen LogP contribution in [-0.4, -0.2) is 20.4 Å². The van der Waals surface area contributed by atoms with Gasteiger partial charge in [0.25, 0.3) is 0 Å². The molecule has 0 unspecified atom stereocenters. The highest BCUT2D eigenvalue weighted by Gasteiger charge is 2.15. The Labute approximate surface area is 213 Å². The highest BCUT2D eigenvalue weighted by atomic mass is 32.2. The van der Waals surface area contributed by atoms with Gasteiger partial charge in [0, 0.05) is 33.7 Å². The molecular weight excluding hydrogens is 497 g/mol. The molecule has 4 rings (SSSR count). The van der Waals surface area contributed by atoms with Crippen molar-refractivity contribution in [2.75, 3.05) is 16.7 Å². The lowest BCUT2D eigenvalue weighted by atomic mass is 10.00. The fraction of sp³-hybridized carbons (Fsp3) is 0.0741. The molecule has 0 saturated heterocycles. The molecule has 0 heterocycles. The molecule has 0 saturated carbocycles. The van der Waals surface area contributed by atoms with Crippen LogP contribution >= 0.6 is 11.9 Å². The second-order valence-corrected chi connectivity index (χ2v) is 10.9. The summed E-state index contributed by atoms with van der Waals surface area (Å²) in [4.78, 5) is 0.762. The second-order valence-electron chi connectivity index (χ2n) is 8.02. The maximum atomic E-state index is 14.7. The summed E-state index contributed by atoms with van der Waals surface area (Å²) >= 11 is 1.14. The van der Waals surface area contributed by atoms with Crippen LogP contribution in [0.3, 0.4) is 0 Å². The number of ether oxygens (including phenoxy) is 1. The summed E-state index contributed by atoms with van der Waals surface area (Å²) in [5.41, 5.74) is 8.82. The van der Waals surface area contributed by atoms with Gasteiger partial charge in [-0.15, -0.1) is 0 Å². The van der Waals surface area contributed by atoms with Crippen LogP contribution < -0.4 is 15.2 Å². The largest absolute Gasteiger partial charge is 0.486 e. The predicted molar refractivity (Wildman–Crippen MR) is 143 cm³/mol. The van der Waals surface area contributed by atoms with Crippen molar-refractivity contribution in [3.63, 3.8) is 0 Å². The maximum Gasteiger partial charge on any atom is 0.176 e. The zero-order valence-electron chi connectivity index (χ0n) is 19.4. The van der Waals surface area contributed by atoms with Crippen LogP contribution in [0.15, 0.2) is 101 Å². The minimum Gasteiger partial charge on any atom is -0.486 e. The summed E-state index contributed by atoms with van der Waals surface area (Å²) in [6.07, 6.45) is 1.16.